The van der Waals surface area contributed by atoms with Crippen LogP contribution >= 0.6 is 0 Å². The molecule has 3 aromatic heterocycles. The molecule has 192 valence electrons. The van der Waals surface area contributed by atoms with Gasteiger partial charge in [-0.3, -0.25) is 14.4 Å². The highest BCUT2D eigenvalue weighted by molar-refractivity contribution is 6.34. The number of benzene rings is 2. The maximum absolute atomic E-state index is 14.1. The lowest BCUT2D eigenvalue weighted by Gasteiger charge is -2.22. The Kier molecular flexibility index (Phi) is 5.72. The number of hydrogen-bond acceptors (Lipinski definition) is 7. The Hall–Kier alpha value is -5.25. The van der Waals surface area contributed by atoms with E-state index in [-0.39, 0.29) is 34.2 Å². The number of anilines is 1. The van der Waals surface area contributed by atoms with E-state index in [1.54, 1.807) is 66.5 Å². The smallest absolute Gasteiger partial charge is 0.267 e. The van der Waals surface area contributed by atoms with Crippen LogP contribution in [0, 0.1) is 5.82 Å². The molecule has 5 aromatic rings. The molecule has 0 bridgehead atoms. The van der Waals surface area contributed by atoms with Crippen LogP contribution in [-0.4, -0.2) is 37.3 Å². The average Bonchev–Trinajstić information content (AvgIpc) is 3.55. The number of pyridine rings is 2. The Balaban J connectivity index is 1.49. The van der Waals surface area contributed by atoms with Crippen LogP contribution in [-0.2, 0) is 0 Å². The number of nitrogens with zero attached hydrogens (tertiary/aromatic N) is 5. The second kappa shape index (κ2) is 9.25. The van der Waals surface area contributed by atoms with Gasteiger partial charge < -0.3 is 4.74 Å². The van der Waals surface area contributed by atoms with Gasteiger partial charge in [0.05, 0.1) is 22.3 Å². The molecule has 0 saturated heterocycles. The van der Waals surface area contributed by atoms with Crippen LogP contribution in [0.1, 0.15) is 56.8 Å². The zero-order valence-corrected chi connectivity index (χ0v) is 20.8. The number of halogens is 1. The summed E-state index contributed by atoms with van der Waals surface area (Å²) in [7, 11) is 0. The normalized spacial score (nSPS) is 13.6. The van der Waals surface area contributed by atoms with E-state index in [2.05, 4.69) is 15.1 Å². The molecule has 0 radical (unpaired) electrons. The predicted molar refractivity (Wildman–Crippen MR) is 140 cm³/mol. The van der Waals surface area contributed by atoms with Gasteiger partial charge in [0.2, 0.25) is 0 Å². The Labute approximate surface area is 221 Å². The third kappa shape index (κ3) is 4.11. The van der Waals surface area contributed by atoms with Crippen LogP contribution in [0.5, 0.6) is 5.75 Å². The van der Waals surface area contributed by atoms with Crippen molar-refractivity contribution >= 4 is 34.3 Å². The Morgan fingerprint density at radius 2 is 1.69 bits per heavy atom. The van der Waals surface area contributed by atoms with Crippen molar-refractivity contribution in [1.29, 1.82) is 0 Å². The molecule has 10 heteroatoms. The second-order valence-corrected chi connectivity index (χ2v) is 9.01. The van der Waals surface area contributed by atoms with E-state index in [0.29, 0.717) is 22.3 Å². The molecule has 0 aliphatic carbocycles. The number of imide groups is 1. The quantitative estimate of drug-likeness (QED) is 0.226. The summed E-state index contributed by atoms with van der Waals surface area (Å²) in [5.74, 6) is -1.77. The number of ether oxygens (including phenoxy) is 1. The SMILES string of the molecule is CC(=O)c1ccc(-n2cccn2)c([C@H](C)Oc2cc3cc(F)ccc3nc2N2C(=O)c3ccccc3C2=O)n1. The van der Waals surface area contributed by atoms with Gasteiger partial charge in [0.15, 0.2) is 17.4 Å². The summed E-state index contributed by atoms with van der Waals surface area (Å²) in [6.45, 7) is 3.12. The van der Waals surface area contributed by atoms with E-state index in [1.807, 2.05) is 0 Å². The molecule has 1 aliphatic rings. The first kappa shape index (κ1) is 24.1. The summed E-state index contributed by atoms with van der Waals surface area (Å²) < 4.78 is 22.0. The number of ketones is 1. The van der Waals surface area contributed by atoms with Crippen molar-refractivity contribution in [2.45, 2.75) is 20.0 Å². The first-order chi connectivity index (χ1) is 18.8. The lowest BCUT2D eigenvalue weighted by Crippen LogP contribution is -2.31. The number of fused-ring (bicyclic) bond motifs is 2. The van der Waals surface area contributed by atoms with Crippen molar-refractivity contribution in [2.24, 2.45) is 0 Å². The van der Waals surface area contributed by atoms with Gasteiger partial charge in [0.25, 0.3) is 11.8 Å². The Bertz CT molecular complexity index is 1770. The van der Waals surface area contributed by atoms with Crippen LogP contribution in [0.4, 0.5) is 10.2 Å². The number of carbonyl (C=O) groups excluding carboxylic acids is 3. The molecular weight excluding hydrogens is 501 g/mol. The number of amides is 2. The van der Waals surface area contributed by atoms with E-state index >= 15 is 0 Å². The topological polar surface area (TPSA) is 107 Å². The lowest BCUT2D eigenvalue weighted by molar-refractivity contribution is 0.0920. The second-order valence-electron chi connectivity index (χ2n) is 9.01. The molecule has 0 N–H and O–H groups in total. The minimum absolute atomic E-state index is 0.0319. The van der Waals surface area contributed by atoms with Gasteiger partial charge in [-0.1, -0.05) is 12.1 Å². The first-order valence-electron chi connectivity index (χ1n) is 12.1. The highest BCUT2D eigenvalue weighted by Gasteiger charge is 2.39. The minimum Gasteiger partial charge on any atom is -0.480 e. The molecule has 0 spiro atoms. The number of Topliss-reactive ketones (excluding diaryl/α,β-unsaturated/α-hetero) is 1. The van der Waals surface area contributed by atoms with Crippen molar-refractivity contribution in [3.63, 3.8) is 0 Å². The van der Waals surface area contributed by atoms with Gasteiger partial charge >= 0.3 is 0 Å². The summed E-state index contributed by atoms with van der Waals surface area (Å²) in [5, 5.41) is 4.68. The summed E-state index contributed by atoms with van der Waals surface area (Å²) in [6.07, 6.45) is 2.53. The van der Waals surface area contributed by atoms with E-state index in [0.717, 1.165) is 4.90 Å². The van der Waals surface area contributed by atoms with E-state index in [4.69, 9.17) is 4.74 Å². The molecule has 2 amide bonds. The van der Waals surface area contributed by atoms with E-state index < -0.39 is 23.7 Å². The predicted octanol–water partition coefficient (Wildman–Crippen LogP) is 5.10. The van der Waals surface area contributed by atoms with Crippen LogP contribution in [0.15, 0.2) is 79.1 Å². The Morgan fingerprint density at radius 3 is 2.36 bits per heavy atom. The molecule has 39 heavy (non-hydrogen) atoms. The molecule has 0 saturated carbocycles. The van der Waals surface area contributed by atoms with Crippen molar-refractivity contribution in [2.75, 3.05) is 4.90 Å². The van der Waals surface area contributed by atoms with Crippen LogP contribution < -0.4 is 9.64 Å². The zero-order chi connectivity index (χ0) is 27.3. The van der Waals surface area contributed by atoms with Crippen LogP contribution in [0.2, 0.25) is 0 Å². The summed E-state index contributed by atoms with van der Waals surface area (Å²) in [4.78, 5) is 48.8. The monoisotopic (exact) mass is 521 g/mol. The fourth-order valence-corrected chi connectivity index (χ4v) is 4.56. The fourth-order valence-electron chi connectivity index (χ4n) is 4.56. The molecular formula is C29H20FN5O4. The number of hydrogen-bond donors (Lipinski definition) is 0. The summed E-state index contributed by atoms with van der Waals surface area (Å²) in [6, 6.07) is 17.1. The number of rotatable bonds is 6. The number of carbonyl (C=O) groups is 3. The van der Waals surface area contributed by atoms with Crippen molar-refractivity contribution < 1.29 is 23.5 Å². The molecule has 0 fully saturated rings. The first-order valence-corrected chi connectivity index (χ1v) is 12.1. The van der Waals surface area contributed by atoms with Gasteiger partial charge in [0.1, 0.15) is 23.3 Å². The van der Waals surface area contributed by atoms with Gasteiger partial charge in [0, 0.05) is 24.7 Å². The van der Waals surface area contributed by atoms with E-state index in [9.17, 15) is 18.8 Å². The molecule has 6 rings (SSSR count). The van der Waals surface area contributed by atoms with Crippen molar-refractivity contribution in [3.05, 3.63) is 107 Å². The van der Waals surface area contributed by atoms with Crippen LogP contribution in [0.3, 0.4) is 0 Å². The molecule has 0 unspecified atom stereocenters. The standard InChI is InChI=1S/C29H20FN5O4/c1-16(36)22-10-11-24(34-13-5-12-31-34)26(32-22)17(2)39-25-15-18-14-19(30)8-9-23(18)33-27(25)35-28(37)20-6-3-4-7-21(20)29(35)38/h3-15,17H,1-2H3/t17-/m0/s1. The molecule has 1 aliphatic heterocycles. The maximum atomic E-state index is 14.1. The summed E-state index contributed by atoms with van der Waals surface area (Å²) in [5.41, 5.74) is 2.06. The van der Waals surface area contributed by atoms with Gasteiger partial charge in [-0.25, -0.2) is 23.9 Å². The average molecular weight is 522 g/mol. The van der Waals surface area contributed by atoms with Gasteiger partial charge in [-0.15, -0.1) is 0 Å². The van der Waals surface area contributed by atoms with Gasteiger partial charge in [-0.2, -0.15) is 5.10 Å². The Morgan fingerprint density at radius 1 is 0.949 bits per heavy atom. The molecule has 9 nitrogen and oxygen atoms in total. The maximum Gasteiger partial charge on any atom is 0.267 e. The molecule has 2 aromatic carbocycles. The highest BCUT2D eigenvalue weighted by Crippen LogP contribution is 2.38. The largest absolute Gasteiger partial charge is 0.480 e. The third-order valence-corrected chi connectivity index (χ3v) is 6.43. The molecule has 1 atom stereocenters. The zero-order valence-electron chi connectivity index (χ0n) is 20.8. The minimum atomic E-state index is -0.801. The summed E-state index contributed by atoms with van der Waals surface area (Å²) >= 11 is 0. The third-order valence-electron chi connectivity index (χ3n) is 6.43. The highest BCUT2D eigenvalue weighted by atomic mass is 19.1. The van der Waals surface area contributed by atoms with Crippen LogP contribution in [0.25, 0.3) is 16.6 Å². The van der Waals surface area contributed by atoms with E-state index in [1.165, 1.54) is 31.2 Å². The van der Waals surface area contributed by atoms with Crippen molar-refractivity contribution in [3.8, 4) is 11.4 Å². The molecule has 4 heterocycles. The van der Waals surface area contributed by atoms with Crippen molar-refractivity contribution in [1.82, 2.24) is 19.7 Å². The van der Waals surface area contributed by atoms with Gasteiger partial charge in [-0.05, 0) is 61.5 Å². The lowest BCUT2D eigenvalue weighted by atomic mass is 10.1. The fraction of sp³-hybridized carbons (Fsp3) is 0.103. The number of aromatic nitrogens is 4.